The quantitative estimate of drug-likeness (QED) is 0.279. The Kier molecular flexibility index (Phi) is 9.53. The molecule has 2 aliphatic heterocycles. The Labute approximate surface area is 258 Å². The maximum Gasteiger partial charge on any atom is 0.414 e. The number of hydrogen-bond donors (Lipinski definition) is 3. The topological polar surface area (TPSA) is 174 Å². The number of nitrogens with zero attached hydrogens (tertiary/aromatic N) is 4. The third kappa shape index (κ3) is 7.05. The molecule has 232 valence electrons. The molecule has 44 heavy (non-hydrogen) atoms. The van der Waals surface area contributed by atoms with E-state index in [1.54, 1.807) is 0 Å². The predicted molar refractivity (Wildman–Crippen MR) is 154 cm³/mol. The van der Waals surface area contributed by atoms with Crippen LogP contribution in [0.5, 0.6) is 0 Å². The van der Waals surface area contributed by atoms with Crippen molar-refractivity contribution in [3.8, 4) is 0 Å². The number of carboxylic acids is 1. The van der Waals surface area contributed by atoms with Gasteiger partial charge in [-0.2, -0.15) is 0 Å². The third-order valence-electron chi connectivity index (χ3n) is 6.89. The lowest BCUT2D eigenvalue weighted by molar-refractivity contribution is -0.139. The van der Waals surface area contributed by atoms with Crippen LogP contribution in [0.15, 0.2) is 42.9 Å². The summed E-state index contributed by atoms with van der Waals surface area (Å²) in [6, 6.07) is 5.72. The number of carboxylic acid groups (broad SMARTS) is 1. The van der Waals surface area contributed by atoms with Crippen molar-refractivity contribution in [2.75, 3.05) is 49.2 Å². The highest BCUT2D eigenvalue weighted by atomic mass is 35.5. The zero-order chi connectivity index (χ0) is 31.4. The highest BCUT2D eigenvalue weighted by Crippen LogP contribution is 2.30. The number of amides is 4. The van der Waals surface area contributed by atoms with Gasteiger partial charge in [0.1, 0.15) is 24.6 Å². The lowest BCUT2D eigenvalue weighted by Gasteiger charge is -2.27. The molecule has 0 saturated carbocycles. The number of carbonyl (C=O) groups is 5. The molecule has 4 heterocycles. The number of anilines is 2. The summed E-state index contributed by atoms with van der Waals surface area (Å²) in [5.41, 5.74) is 0.717. The summed E-state index contributed by atoms with van der Waals surface area (Å²) in [5.74, 6) is -3.83. The molecule has 2 fully saturated rings. The molecule has 2 aromatic heterocycles. The van der Waals surface area contributed by atoms with Gasteiger partial charge < -0.3 is 24.5 Å². The summed E-state index contributed by atoms with van der Waals surface area (Å²) in [7, 11) is 0. The Bertz CT molecular complexity index is 1570. The summed E-state index contributed by atoms with van der Waals surface area (Å²) in [6.45, 7) is -0.680. The number of aromatic amines is 1. The Morgan fingerprint density at radius 1 is 1.25 bits per heavy atom. The van der Waals surface area contributed by atoms with Crippen molar-refractivity contribution in [2.24, 2.45) is 0 Å². The molecule has 2 atom stereocenters. The van der Waals surface area contributed by atoms with Crippen LogP contribution in [-0.4, -0.2) is 101 Å². The second-order valence-electron chi connectivity index (χ2n) is 9.82. The summed E-state index contributed by atoms with van der Waals surface area (Å²) in [5, 5.41) is 12.3. The number of ether oxygens (including phenoxy) is 2. The first kappa shape index (κ1) is 31.1. The van der Waals surface area contributed by atoms with Crippen molar-refractivity contribution in [2.45, 2.75) is 18.6 Å². The molecule has 4 amide bonds. The first-order valence-corrected chi connectivity index (χ1v) is 14.5. The van der Waals surface area contributed by atoms with Crippen molar-refractivity contribution in [1.29, 1.82) is 0 Å². The molecule has 0 spiro atoms. The zero-order valence-electron chi connectivity index (χ0n) is 22.9. The number of imidazole rings is 1. The van der Waals surface area contributed by atoms with Crippen molar-refractivity contribution in [3.63, 3.8) is 0 Å². The molecule has 0 unspecified atom stereocenters. The molecule has 2 saturated heterocycles. The number of aromatic nitrogens is 2. The Morgan fingerprint density at radius 2 is 2.07 bits per heavy atom. The van der Waals surface area contributed by atoms with Gasteiger partial charge in [-0.15, -0.1) is 11.3 Å². The molecule has 0 aliphatic carbocycles. The zero-order valence-corrected chi connectivity index (χ0v) is 24.5. The van der Waals surface area contributed by atoms with Gasteiger partial charge in [0.25, 0.3) is 11.8 Å². The fourth-order valence-electron chi connectivity index (χ4n) is 4.72. The van der Waals surface area contributed by atoms with Crippen molar-refractivity contribution < 1.29 is 42.9 Å². The lowest BCUT2D eigenvalue weighted by atomic mass is 10.1. The van der Waals surface area contributed by atoms with Crippen LogP contribution in [0.1, 0.15) is 15.4 Å². The van der Waals surface area contributed by atoms with Crippen LogP contribution in [-0.2, 0) is 30.3 Å². The van der Waals surface area contributed by atoms with Crippen LogP contribution in [0.2, 0.25) is 4.34 Å². The SMILES string of the molecule is O=C(O)[C@@H](Cc1cnc[nH]1)NCC(=O)N(C[C@H]1CN(c2ccc(N3CCOCC3=O)cc2F)C(=O)O1)C(=O)c1ccc(Cl)s1. The first-order chi connectivity index (χ1) is 21.1. The summed E-state index contributed by atoms with van der Waals surface area (Å²) < 4.78 is 26.0. The minimum atomic E-state index is -1.22. The molecule has 1 aromatic carbocycles. The predicted octanol–water partition coefficient (Wildman–Crippen LogP) is 1.91. The number of imide groups is 1. The van der Waals surface area contributed by atoms with Gasteiger partial charge >= 0.3 is 12.1 Å². The lowest BCUT2D eigenvalue weighted by Crippen LogP contribution is -2.49. The number of carbonyl (C=O) groups excluding carboxylic acids is 4. The molecule has 0 radical (unpaired) electrons. The molecule has 5 rings (SSSR count). The number of aliphatic carboxylic acids is 1. The van der Waals surface area contributed by atoms with E-state index in [1.165, 1.54) is 41.7 Å². The number of hydrogen-bond acceptors (Lipinski definition) is 10. The van der Waals surface area contributed by atoms with Crippen LogP contribution in [0.3, 0.4) is 0 Å². The van der Waals surface area contributed by atoms with Gasteiger partial charge in [-0.1, -0.05) is 11.6 Å². The van der Waals surface area contributed by atoms with E-state index in [0.717, 1.165) is 27.2 Å². The van der Waals surface area contributed by atoms with Gasteiger partial charge in [0.15, 0.2) is 0 Å². The van der Waals surface area contributed by atoms with E-state index in [2.05, 4.69) is 15.3 Å². The smallest absolute Gasteiger partial charge is 0.414 e. The largest absolute Gasteiger partial charge is 0.480 e. The number of morpholine rings is 1. The Hall–Kier alpha value is -4.38. The number of cyclic esters (lactones) is 1. The summed E-state index contributed by atoms with van der Waals surface area (Å²) >= 11 is 6.93. The standard InChI is InChI=1S/C27H26ClFN6O8S/c28-22-4-3-21(44-22)25(38)35(23(36)10-31-19(26(39)40)7-15-9-30-14-32-15)12-17-11-34(27(41)43-17)20-2-1-16(8-18(20)29)33-5-6-42-13-24(33)37/h1-4,8-9,14,17,19,31H,5-7,10-13H2,(H,30,32)(H,39,40)/t17-,19-/m1/s1. The molecule has 3 aromatic rings. The maximum absolute atomic E-state index is 15.2. The number of halogens is 2. The number of thiophene rings is 1. The monoisotopic (exact) mass is 648 g/mol. The highest BCUT2D eigenvalue weighted by molar-refractivity contribution is 7.18. The van der Waals surface area contributed by atoms with E-state index in [1.807, 2.05) is 0 Å². The number of benzene rings is 1. The van der Waals surface area contributed by atoms with E-state index >= 15 is 4.39 Å². The van der Waals surface area contributed by atoms with Gasteiger partial charge in [-0.3, -0.25) is 34.3 Å². The van der Waals surface area contributed by atoms with E-state index in [9.17, 15) is 29.1 Å². The summed E-state index contributed by atoms with van der Waals surface area (Å²) in [6.07, 6.45) is 0.909. The average molecular weight is 649 g/mol. The number of nitrogens with one attached hydrogen (secondary N) is 2. The van der Waals surface area contributed by atoms with Crippen LogP contribution in [0, 0.1) is 5.82 Å². The Balaban J connectivity index is 1.29. The minimum absolute atomic E-state index is 0.00363. The number of H-pyrrole nitrogens is 1. The molecular weight excluding hydrogens is 623 g/mol. The van der Waals surface area contributed by atoms with Crippen molar-refractivity contribution >= 4 is 64.1 Å². The molecule has 2 aliphatic rings. The molecular formula is C27H26ClFN6O8S. The average Bonchev–Trinajstić information content (AvgIpc) is 3.75. The highest BCUT2D eigenvalue weighted by Gasteiger charge is 2.38. The van der Waals surface area contributed by atoms with Gasteiger partial charge in [-0.25, -0.2) is 14.2 Å². The molecule has 0 bridgehead atoms. The fourth-order valence-corrected chi connectivity index (χ4v) is 5.71. The van der Waals surface area contributed by atoms with Crippen molar-refractivity contribution in [1.82, 2.24) is 20.2 Å². The van der Waals surface area contributed by atoms with Crippen LogP contribution < -0.4 is 15.1 Å². The molecule has 3 N–H and O–H groups in total. The summed E-state index contributed by atoms with van der Waals surface area (Å²) in [4.78, 5) is 73.4. The Morgan fingerprint density at radius 3 is 2.73 bits per heavy atom. The van der Waals surface area contributed by atoms with E-state index in [-0.39, 0.29) is 42.6 Å². The van der Waals surface area contributed by atoms with Gasteiger partial charge in [0.05, 0.1) is 47.5 Å². The van der Waals surface area contributed by atoms with Crippen molar-refractivity contribution in [3.05, 3.63) is 63.6 Å². The second-order valence-corrected chi connectivity index (χ2v) is 11.5. The number of rotatable bonds is 11. The van der Waals surface area contributed by atoms with Gasteiger partial charge in [-0.05, 0) is 30.3 Å². The third-order valence-corrected chi connectivity index (χ3v) is 8.11. The van der Waals surface area contributed by atoms with Gasteiger partial charge in [0.2, 0.25) is 5.91 Å². The van der Waals surface area contributed by atoms with Crippen LogP contribution in [0.25, 0.3) is 0 Å². The first-order valence-electron chi connectivity index (χ1n) is 13.3. The van der Waals surface area contributed by atoms with E-state index in [4.69, 9.17) is 21.1 Å². The molecule has 17 heteroatoms. The minimum Gasteiger partial charge on any atom is -0.480 e. The van der Waals surface area contributed by atoms with Gasteiger partial charge in [0, 0.05) is 30.5 Å². The normalized spacial score (nSPS) is 17.5. The molecule has 14 nitrogen and oxygen atoms in total. The maximum atomic E-state index is 15.2. The second kappa shape index (κ2) is 13.5. The van der Waals surface area contributed by atoms with Crippen LogP contribution in [0.4, 0.5) is 20.6 Å². The van der Waals surface area contributed by atoms with E-state index in [0.29, 0.717) is 22.3 Å². The fraction of sp³-hybridized carbons (Fsp3) is 0.333. The van der Waals surface area contributed by atoms with Crippen LogP contribution >= 0.6 is 22.9 Å². The van der Waals surface area contributed by atoms with E-state index < -0.39 is 54.9 Å².